The summed E-state index contributed by atoms with van der Waals surface area (Å²) in [5.41, 5.74) is 1.01. The van der Waals surface area contributed by atoms with Crippen LogP contribution in [0.3, 0.4) is 0 Å². The number of nitrogens with one attached hydrogen (secondary N) is 2. The molecule has 0 radical (unpaired) electrons. The van der Waals surface area contributed by atoms with Crippen molar-refractivity contribution < 1.29 is 17.9 Å². The largest absolute Gasteiger partial charge is 0.490 e. The standard InChI is InChI=1S/C17H25N3O4S.HI/c1-2-18-17(20-14-6-9-25(21,22)12-14)19-11-13-4-5-15-16(10-13)24-8-3-7-23-15;/h4-5,10,14H,2-3,6-9,11-12H2,1H3,(H2,18,19,20);1H. The van der Waals surface area contributed by atoms with Gasteiger partial charge in [0.05, 0.1) is 31.3 Å². The monoisotopic (exact) mass is 495 g/mol. The highest BCUT2D eigenvalue weighted by molar-refractivity contribution is 14.0. The van der Waals surface area contributed by atoms with E-state index >= 15 is 0 Å². The van der Waals surface area contributed by atoms with E-state index in [0.717, 1.165) is 23.5 Å². The van der Waals surface area contributed by atoms with Gasteiger partial charge in [-0.05, 0) is 31.0 Å². The predicted molar refractivity (Wildman–Crippen MR) is 112 cm³/mol. The van der Waals surface area contributed by atoms with Gasteiger partial charge in [0.1, 0.15) is 0 Å². The molecule has 3 rings (SSSR count). The highest BCUT2D eigenvalue weighted by atomic mass is 127. The third-order valence-corrected chi connectivity index (χ3v) is 5.92. The van der Waals surface area contributed by atoms with Gasteiger partial charge in [0, 0.05) is 19.0 Å². The second kappa shape index (κ2) is 9.63. The molecule has 1 atom stereocenters. The van der Waals surface area contributed by atoms with Gasteiger partial charge >= 0.3 is 0 Å². The number of guanidine groups is 1. The number of benzene rings is 1. The first-order chi connectivity index (χ1) is 12.1. The number of sulfone groups is 1. The minimum Gasteiger partial charge on any atom is -0.490 e. The van der Waals surface area contributed by atoms with Gasteiger partial charge in [-0.2, -0.15) is 0 Å². The fourth-order valence-corrected chi connectivity index (χ4v) is 4.57. The zero-order chi connectivity index (χ0) is 17.7. The van der Waals surface area contributed by atoms with Crippen LogP contribution in [0.2, 0.25) is 0 Å². The molecule has 1 aromatic rings. The summed E-state index contributed by atoms with van der Waals surface area (Å²) in [6, 6.07) is 5.76. The Hall–Kier alpha value is -1.23. The van der Waals surface area contributed by atoms with Crippen LogP contribution in [0.4, 0.5) is 0 Å². The van der Waals surface area contributed by atoms with Crippen LogP contribution in [0.25, 0.3) is 0 Å². The van der Waals surface area contributed by atoms with Crippen LogP contribution in [0.5, 0.6) is 11.5 Å². The molecule has 0 aliphatic carbocycles. The molecule has 0 saturated carbocycles. The van der Waals surface area contributed by atoms with E-state index in [9.17, 15) is 8.42 Å². The average molecular weight is 495 g/mol. The summed E-state index contributed by atoms with van der Waals surface area (Å²) in [5.74, 6) is 2.57. The maximum absolute atomic E-state index is 11.6. The van der Waals surface area contributed by atoms with Crippen molar-refractivity contribution in [2.75, 3.05) is 31.3 Å². The number of aliphatic imine (C=N–C) groups is 1. The lowest BCUT2D eigenvalue weighted by Crippen LogP contribution is -2.44. The molecule has 2 aliphatic rings. The second-order valence-corrected chi connectivity index (χ2v) is 8.50. The Morgan fingerprint density at radius 2 is 2.04 bits per heavy atom. The molecule has 0 aromatic heterocycles. The first kappa shape index (κ1) is 21.1. The van der Waals surface area contributed by atoms with Crippen LogP contribution in [0.15, 0.2) is 23.2 Å². The minimum atomic E-state index is -2.91. The smallest absolute Gasteiger partial charge is 0.191 e. The number of nitrogens with zero attached hydrogens (tertiary/aromatic N) is 1. The molecular formula is C17H26IN3O4S. The lowest BCUT2D eigenvalue weighted by atomic mass is 10.2. The van der Waals surface area contributed by atoms with Gasteiger partial charge < -0.3 is 20.1 Å². The van der Waals surface area contributed by atoms with Crippen molar-refractivity contribution in [3.63, 3.8) is 0 Å². The normalized spacial score (nSPS) is 21.4. The summed E-state index contributed by atoms with van der Waals surface area (Å²) >= 11 is 0. The van der Waals surface area contributed by atoms with E-state index in [1.165, 1.54) is 0 Å². The predicted octanol–water partition coefficient (Wildman–Crippen LogP) is 1.71. The summed E-state index contributed by atoms with van der Waals surface area (Å²) in [6.07, 6.45) is 1.50. The summed E-state index contributed by atoms with van der Waals surface area (Å²) in [6.45, 7) is 4.50. The fourth-order valence-electron chi connectivity index (χ4n) is 2.90. The Morgan fingerprint density at radius 1 is 1.27 bits per heavy atom. The van der Waals surface area contributed by atoms with E-state index in [4.69, 9.17) is 9.47 Å². The average Bonchev–Trinajstić information content (AvgIpc) is 2.79. The zero-order valence-electron chi connectivity index (χ0n) is 14.9. The highest BCUT2D eigenvalue weighted by Crippen LogP contribution is 2.30. The third-order valence-electron chi connectivity index (χ3n) is 4.15. The number of hydrogen-bond acceptors (Lipinski definition) is 5. The van der Waals surface area contributed by atoms with Crippen LogP contribution in [-0.4, -0.2) is 51.7 Å². The summed E-state index contributed by atoms with van der Waals surface area (Å²) < 4.78 is 34.5. The van der Waals surface area contributed by atoms with Crippen LogP contribution >= 0.6 is 24.0 Å². The van der Waals surface area contributed by atoms with E-state index < -0.39 is 9.84 Å². The molecule has 1 fully saturated rings. The van der Waals surface area contributed by atoms with Crippen molar-refractivity contribution in [2.24, 2.45) is 4.99 Å². The van der Waals surface area contributed by atoms with Crippen molar-refractivity contribution >= 4 is 39.8 Å². The van der Waals surface area contributed by atoms with Gasteiger partial charge in [-0.15, -0.1) is 24.0 Å². The Kier molecular flexibility index (Phi) is 7.81. The zero-order valence-corrected chi connectivity index (χ0v) is 18.0. The Bertz CT molecular complexity index is 740. The third kappa shape index (κ3) is 5.90. The van der Waals surface area contributed by atoms with Crippen LogP contribution in [-0.2, 0) is 16.4 Å². The van der Waals surface area contributed by atoms with Crippen molar-refractivity contribution in [3.8, 4) is 11.5 Å². The number of halogens is 1. The summed E-state index contributed by atoms with van der Waals surface area (Å²) in [5, 5.41) is 6.39. The molecule has 1 aromatic carbocycles. The molecule has 0 amide bonds. The van der Waals surface area contributed by atoms with Crippen LogP contribution in [0.1, 0.15) is 25.3 Å². The summed E-state index contributed by atoms with van der Waals surface area (Å²) in [4.78, 5) is 4.57. The van der Waals surface area contributed by atoms with Crippen molar-refractivity contribution in [2.45, 2.75) is 32.4 Å². The molecule has 2 aliphatic heterocycles. The summed E-state index contributed by atoms with van der Waals surface area (Å²) in [7, 11) is -2.91. The molecule has 2 N–H and O–H groups in total. The van der Waals surface area contributed by atoms with Gasteiger partial charge in [-0.1, -0.05) is 6.07 Å². The maximum Gasteiger partial charge on any atom is 0.191 e. The SMILES string of the molecule is CCNC(=NCc1ccc2c(c1)OCCCO2)NC1CCS(=O)(=O)C1.I. The van der Waals surface area contributed by atoms with Gasteiger partial charge in [0.15, 0.2) is 27.3 Å². The molecule has 9 heteroatoms. The van der Waals surface area contributed by atoms with Crippen molar-refractivity contribution in [1.29, 1.82) is 0 Å². The van der Waals surface area contributed by atoms with Gasteiger partial charge in [0.2, 0.25) is 0 Å². The Morgan fingerprint density at radius 3 is 2.73 bits per heavy atom. The Labute approximate surface area is 171 Å². The second-order valence-electron chi connectivity index (χ2n) is 6.27. The topological polar surface area (TPSA) is 89.0 Å². The number of rotatable bonds is 4. The van der Waals surface area contributed by atoms with Gasteiger partial charge in [0.25, 0.3) is 0 Å². The molecule has 7 nitrogen and oxygen atoms in total. The first-order valence-electron chi connectivity index (χ1n) is 8.69. The van der Waals surface area contributed by atoms with E-state index in [0.29, 0.717) is 38.7 Å². The number of hydrogen-bond donors (Lipinski definition) is 2. The van der Waals surface area contributed by atoms with E-state index in [1.54, 1.807) is 0 Å². The maximum atomic E-state index is 11.6. The molecule has 0 bridgehead atoms. The first-order valence-corrected chi connectivity index (χ1v) is 10.5. The molecule has 1 unspecified atom stereocenters. The van der Waals surface area contributed by atoms with Crippen molar-refractivity contribution in [1.82, 2.24) is 10.6 Å². The van der Waals surface area contributed by atoms with Crippen LogP contribution < -0.4 is 20.1 Å². The quantitative estimate of drug-likeness (QED) is 0.376. The lowest BCUT2D eigenvalue weighted by Gasteiger charge is -2.16. The Balaban J connectivity index is 0.00000243. The molecule has 26 heavy (non-hydrogen) atoms. The lowest BCUT2D eigenvalue weighted by molar-refractivity contribution is 0.297. The molecule has 2 heterocycles. The number of fused-ring (bicyclic) bond motifs is 1. The fraction of sp³-hybridized carbons (Fsp3) is 0.588. The molecule has 0 spiro atoms. The van der Waals surface area contributed by atoms with E-state index in [2.05, 4.69) is 15.6 Å². The molecular weight excluding hydrogens is 469 g/mol. The van der Waals surface area contributed by atoms with E-state index in [1.807, 2.05) is 25.1 Å². The van der Waals surface area contributed by atoms with E-state index in [-0.39, 0.29) is 41.5 Å². The van der Waals surface area contributed by atoms with Crippen LogP contribution in [0, 0.1) is 0 Å². The molecule has 146 valence electrons. The van der Waals surface area contributed by atoms with Gasteiger partial charge in [-0.3, -0.25) is 0 Å². The molecule has 1 saturated heterocycles. The highest BCUT2D eigenvalue weighted by Gasteiger charge is 2.28. The van der Waals surface area contributed by atoms with Crippen molar-refractivity contribution in [3.05, 3.63) is 23.8 Å². The number of ether oxygens (including phenoxy) is 2. The minimum absolute atomic E-state index is 0. The van der Waals surface area contributed by atoms with Gasteiger partial charge in [-0.25, -0.2) is 13.4 Å².